The molecule has 0 saturated heterocycles. The summed E-state index contributed by atoms with van der Waals surface area (Å²) in [6.07, 6.45) is 70.4. The monoisotopic (exact) mass is 954 g/mol. The maximum absolute atomic E-state index is 12.2. The van der Waals surface area contributed by atoms with E-state index >= 15 is 0 Å². The van der Waals surface area contributed by atoms with E-state index in [1.807, 2.05) is 0 Å². The number of phosphoric acid groups is 1. The molecule has 0 aromatic rings. The average Bonchev–Trinajstić information content (AvgIpc) is 3.32. The van der Waals surface area contributed by atoms with E-state index in [0.717, 1.165) is 77.0 Å². The number of carbonyl (C=O) groups excluding carboxylic acids is 2. The van der Waals surface area contributed by atoms with E-state index in [1.165, 1.54) is 96.3 Å². The Hall–Kier alpha value is -3.33. The first kappa shape index (κ1) is 63.7. The number of nitrogens with one attached hydrogen (secondary N) is 1. The van der Waals surface area contributed by atoms with Crippen LogP contribution in [0.15, 0.2) is 109 Å². The van der Waals surface area contributed by atoms with Crippen LogP contribution in [0.3, 0.4) is 0 Å². The Labute approximate surface area is 409 Å². The van der Waals surface area contributed by atoms with Gasteiger partial charge < -0.3 is 20.1 Å². The maximum Gasteiger partial charge on any atom is 0.472 e. The van der Waals surface area contributed by atoms with Gasteiger partial charge in [-0.15, -0.1) is 0 Å². The summed E-state index contributed by atoms with van der Waals surface area (Å²) in [4.78, 5) is 34.1. The molecule has 9 nitrogen and oxygen atoms in total. The van der Waals surface area contributed by atoms with Crippen molar-refractivity contribution in [2.45, 2.75) is 213 Å². The Morgan fingerprint density at radius 2 is 0.866 bits per heavy atom. The van der Waals surface area contributed by atoms with Gasteiger partial charge in [0, 0.05) is 19.4 Å². The standard InChI is InChI=1S/C57H96NO8P/c1-3-5-7-9-11-13-15-17-19-21-23-25-27-29-31-33-35-37-39-41-43-45-47-49-56(60)58-51-52-65-67(62,63)66-54-55(59)53-64-57(61)50-48-46-44-42-40-38-36-34-32-30-28-26-24-22-20-18-16-14-12-10-8-6-4-2/h5,7,11-14,17-20,23,25,29,31,35,37,41,43,55,59H,3-4,6,8-10,15-16,21-22,24,26-28,30,32-34,36,38-40,42,44-54H2,1-2H3,(H,58,60)(H,62,63)/b7-5-,13-11-,14-12-,19-17-,20-18-,25-23-,31-29-,37-35-,43-41-. The number of hydrogen-bond donors (Lipinski definition) is 3. The fourth-order valence-electron chi connectivity index (χ4n) is 6.75. The Balaban J connectivity index is 3.66. The van der Waals surface area contributed by atoms with Gasteiger partial charge in [-0.05, 0) is 96.3 Å². The molecule has 0 aromatic heterocycles. The van der Waals surface area contributed by atoms with Crippen molar-refractivity contribution in [1.82, 2.24) is 5.32 Å². The summed E-state index contributed by atoms with van der Waals surface area (Å²) in [5, 5.41) is 12.7. The summed E-state index contributed by atoms with van der Waals surface area (Å²) in [6, 6.07) is 0. The van der Waals surface area contributed by atoms with E-state index < -0.39 is 26.5 Å². The largest absolute Gasteiger partial charge is 0.472 e. The molecule has 0 aliphatic heterocycles. The Morgan fingerprint density at radius 3 is 1.31 bits per heavy atom. The minimum atomic E-state index is -4.45. The van der Waals surface area contributed by atoms with Crippen LogP contribution in [0.1, 0.15) is 206 Å². The van der Waals surface area contributed by atoms with E-state index in [2.05, 4.69) is 129 Å². The zero-order valence-corrected chi connectivity index (χ0v) is 43.2. The van der Waals surface area contributed by atoms with Gasteiger partial charge in [0.2, 0.25) is 5.91 Å². The fraction of sp³-hybridized carbons (Fsp3) is 0.649. The molecule has 10 heteroatoms. The first-order chi connectivity index (χ1) is 32.8. The SMILES string of the molecule is CC/C=C\C/C=C\C/C=C\C/C=C\C/C=C\C/C=C\C/C=C\CCCC(=O)NCCOP(=O)(O)OCC(O)COC(=O)CCCCCCCCCCCCCCC/C=C\C/C=C\CCCCC. The molecule has 2 atom stereocenters. The normalized spacial score (nSPS) is 14.0. The van der Waals surface area contributed by atoms with Crippen molar-refractivity contribution in [1.29, 1.82) is 0 Å². The van der Waals surface area contributed by atoms with Crippen molar-refractivity contribution < 1.29 is 37.9 Å². The smallest absolute Gasteiger partial charge is 0.463 e. The second kappa shape index (κ2) is 52.0. The summed E-state index contributed by atoms with van der Waals surface area (Å²) in [5.41, 5.74) is 0. The Kier molecular flexibility index (Phi) is 49.5. The van der Waals surface area contributed by atoms with Gasteiger partial charge in [-0.25, -0.2) is 4.57 Å². The summed E-state index contributed by atoms with van der Waals surface area (Å²) in [6.45, 7) is 3.35. The summed E-state index contributed by atoms with van der Waals surface area (Å²) in [7, 11) is -4.45. The molecule has 0 fully saturated rings. The zero-order chi connectivity index (χ0) is 48.8. The highest BCUT2D eigenvalue weighted by molar-refractivity contribution is 7.47. The summed E-state index contributed by atoms with van der Waals surface area (Å²) < 4.78 is 27.0. The van der Waals surface area contributed by atoms with Crippen LogP contribution in [0.25, 0.3) is 0 Å². The molecule has 0 bridgehead atoms. The maximum atomic E-state index is 12.2. The van der Waals surface area contributed by atoms with Gasteiger partial charge in [-0.1, -0.05) is 207 Å². The lowest BCUT2D eigenvalue weighted by Crippen LogP contribution is -2.27. The summed E-state index contributed by atoms with van der Waals surface area (Å²) in [5.74, 6) is -0.582. The van der Waals surface area contributed by atoms with E-state index in [-0.39, 0.29) is 32.1 Å². The average molecular weight is 954 g/mol. The second-order valence-electron chi connectivity index (χ2n) is 17.1. The molecule has 0 saturated carbocycles. The van der Waals surface area contributed by atoms with Crippen LogP contribution in [0.4, 0.5) is 0 Å². The van der Waals surface area contributed by atoms with Gasteiger partial charge in [0.25, 0.3) is 0 Å². The number of aliphatic hydroxyl groups is 1. The van der Waals surface area contributed by atoms with Crippen LogP contribution in [-0.2, 0) is 27.9 Å². The van der Waals surface area contributed by atoms with E-state index in [4.69, 9.17) is 13.8 Å². The van der Waals surface area contributed by atoms with Crippen molar-refractivity contribution >= 4 is 19.7 Å². The van der Waals surface area contributed by atoms with Crippen molar-refractivity contribution in [3.8, 4) is 0 Å². The molecule has 0 spiro atoms. The third-order valence-electron chi connectivity index (χ3n) is 10.7. The van der Waals surface area contributed by atoms with Crippen molar-refractivity contribution in [2.24, 2.45) is 0 Å². The number of unbranched alkanes of at least 4 members (excludes halogenated alkanes) is 17. The second-order valence-corrected chi connectivity index (χ2v) is 18.6. The third kappa shape index (κ3) is 53.5. The molecule has 0 aromatic carbocycles. The van der Waals surface area contributed by atoms with Gasteiger partial charge in [-0.2, -0.15) is 0 Å². The minimum Gasteiger partial charge on any atom is -0.463 e. The van der Waals surface area contributed by atoms with Crippen LogP contribution >= 0.6 is 7.82 Å². The number of amides is 1. The van der Waals surface area contributed by atoms with Crippen molar-refractivity contribution in [3.63, 3.8) is 0 Å². The van der Waals surface area contributed by atoms with Gasteiger partial charge in [-0.3, -0.25) is 18.6 Å². The van der Waals surface area contributed by atoms with Gasteiger partial charge in [0.15, 0.2) is 0 Å². The molecule has 1 amide bonds. The first-order valence-corrected chi connectivity index (χ1v) is 27.9. The Morgan fingerprint density at radius 1 is 0.478 bits per heavy atom. The topological polar surface area (TPSA) is 131 Å². The van der Waals surface area contributed by atoms with Crippen LogP contribution < -0.4 is 5.32 Å². The molecule has 382 valence electrons. The molecule has 3 N–H and O–H groups in total. The number of ether oxygens (including phenoxy) is 1. The highest BCUT2D eigenvalue weighted by atomic mass is 31.2. The number of carbonyl (C=O) groups is 2. The number of allylic oxidation sites excluding steroid dienone is 18. The third-order valence-corrected chi connectivity index (χ3v) is 11.7. The lowest BCUT2D eigenvalue weighted by atomic mass is 10.0. The van der Waals surface area contributed by atoms with Crippen LogP contribution in [-0.4, -0.2) is 54.3 Å². The lowest BCUT2D eigenvalue weighted by Gasteiger charge is -2.15. The zero-order valence-electron chi connectivity index (χ0n) is 42.3. The number of hydrogen-bond acceptors (Lipinski definition) is 7. The number of aliphatic hydroxyl groups excluding tert-OH is 1. The highest BCUT2D eigenvalue weighted by Crippen LogP contribution is 2.42. The molecule has 2 unspecified atom stereocenters. The highest BCUT2D eigenvalue weighted by Gasteiger charge is 2.23. The predicted molar refractivity (Wildman–Crippen MR) is 284 cm³/mol. The lowest BCUT2D eigenvalue weighted by molar-refractivity contribution is -0.147. The predicted octanol–water partition coefficient (Wildman–Crippen LogP) is 15.9. The Bertz CT molecular complexity index is 1460. The summed E-state index contributed by atoms with van der Waals surface area (Å²) >= 11 is 0. The van der Waals surface area contributed by atoms with Crippen LogP contribution in [0, 0.1) is 0 Å². The number of esters is 1. The minimum absolute atomic E-state index is 0.0441. The van der Waals surface area contributed by atoms with Crippen LogP contribution in [0.5, 0.6) is 0 Å². The molecular formula is C57H96NO8P. The molecule has 0 rings (SSSR count). The number of phosphoric ester groups is 1. The van der Waals surface area contributed by atoms with Gasteiger partial charge >= 0.3 is 13.8 Å². The quantitative estimate of drug-likeness (QED) is 0.0238. The molecule has 0 heterocycles. The molecule has 0 aliphatic rings. The number of rotatable bonds is 48. The molecular weight excluding hydrogens is 858 g/mol. The molecule has 0 radical (unpaired) electrons. The molecule has 67 heavy (non-hydrogen) atoms. The van der Waals surface area contributed by atoms with Crippen molar-refractivity contribution in [3.05, 3.63) is 109 Å². The van der Waals surface area contributed by atoms with E-state index in [1.54, 1.807) is 0 Å². The van der Waals surface area contributed by atoms with Gasteiger partial charge in [0.05, 0.1) is 13.2 Å². The van der Waals surface area contributed by atoms with Crippen molar-refractivity contribution in [2.75, 3.05) is 26.4 Å². The molecule has 0 aliphatic carbocycles. The van der Waals surface area contributed by atoms with Crippen LogP contribution in [0.2, 0.25) is 0 Å². The van der Waals surface area contributed by atoms with E-state index in [0.29, 0.717) is 12.8 Å². The van der Waals surface area contributed by atoms with Gasteiger partial charge in [0.1, 0.15) is 12.7 Å². The first-order valence-electron chi connectivity index (χ1n) is 26.4. The van der Waals surface area contributed by atoms with E-state index in [9.17, 15) is 24.2 Å². The fourth-order valence-corrected chi connectivity index (χ4v) is 7.51.